The number of carbonyl (C=O) groups excluding carboxylic acids is 5. The third kappa shape index (κ3) is 19.6. The van der Waals surface area contributed by atoms with E-state index in [9.17, 15) is 28.8 Å². The van der Waals surface area contributed by atoms with E-state index in [4.69, 9.17) is 21.3 Å². The Morgan fingerprint density at radius 3 is 2.00 bits per heavy atom. The molecule has 0 saturated carbocycles. The molecule has 0 aliphatic rings. The molecule has 10 N–H and O–H groups in total. The molecule has 0 aromatic heterocycles. The number of amides is 4. The normalized spacial score (nSPS) is 13.1. The van der Waals surface area contributed by atoms with Gasteiger partial charge in [0.25, 0.3) is 0 Å². The zero-order valence-electron chi connectivity index (χ0n) is 33.2. The molecule has 310 valence electrons. The highest BCUT2D eigenvalue weighted by Gasteiger charge is 2.26. The molecule has 0 aliphatic carbocycles. The van der Waals surface area contributed by atoms with Crippen molar-refractivity contribution in [2.75, 3.05) is 32.1 Å². The van der Waals surface area contributed by atoms with E-state index in [0.29, 0.717) is 25.2 Å². The lowest BCUT2D eigenvalue weighted by atomic mass is 9.99. The zero-order chi connectivity index (χ0) is 41.3. The molecule has 0 unspecified atom stereocenters. The number of nitrogens with one attached hydrogen (secondary N) is 5. The molecule has 0 bridgehead atoms. The van der Waals surface area contributed by atoms with E-state index in [1.54, 1.807) is 12.1 Å². The fourth-order valence-electron chi connectivity index (χ4n) is 5.99. The highest BCUT2D eigenvalue weighted by molar-refractivity contribution is 5.90. The van der Waals surface area contributed by atoms with E-state index >= 15 is 0 Å². The van der Waals surface area contributed by atoms with Crippen LogP contribution in [0.25, 0.3) is 11.1 Å². The van der Waals surface area contributed by atoms with Crippen molar-refractivity contribution in [3.05, 3.63) is 54.1 Å². The summed E-state index contributed by atoms with van der Waals surface area (Å²) in [6.07, 6.45) is 8.41. The van der Waals surface area contributed by atoms with E-state index in [1.807, 2.05) is 36.4 Å². The molecule has 0 aliphatic heterocycles. The van der Waals surface area contributed by atoms with E-state index in [-0.39, 0.29) is 50.6 Å². The maximum Gasteiger partial charge on any atom is 0.328 e. The number of ether oxygens (including phenoxy) is 1. The van der Waals surface area contributed by atoms with Crippen LogP contribution in [0, 0.1) is 0 Å². The first-order valence-corrected chi connectivity index (χ1v) is 19.7. The molecule has 0 radical (unpaired) electrons. The Morgan fingerprint density at radius 1 is 0.732 bits per heavy atom. The lowest BCUT2D eigenvalue weighted by Crippen LogP contribution is -2.53. The summed E-state index contributed by atoms with van der Waals surface area (Å²) in [5.74, 6) is -3.45. The van der Waals surface area contributed by atoms with Gasteiger partial charge < -0.3 is 47.9 Å². The summed E-state index contributed by atoms with van der Waals surface area (Å²) in [5.41, 5.74) is 15.8. The lowest BCUT2D eigenvalue weighted by Gasteiger charge is -2.22. The van der Waals surface area contributed by atoms with Gasteiger partial charge in [0.15, 0.2) is 0 Å². The number of carboxylic acids is 1. The van der Waals surface area contributed by atoms with Crippen LogP contribution in [0.4, 0.5) is 5.69 Å². The second-order valence-electron chi connectivity index (χ2n) is 14.1. The van der Waals surface area contributed by atoms with Gasteiger partial charge in [-0.1, -0.05) is 81.8 Å². The van der Waals surface area contributed by atoms with Crippen molar-refractivity contribution in [3.63, 3.8) is 0 Å². The number of unbranched alkanes of at least 4 members (excludes halogenated alkanes) is 5. The Labute approximate surface area is 330 Å². The molecule has 0 saturated heterocycles. The molecule has 56 heavy (non-hydrogen) atoms. The largest absolute Gasteiger partial charge is 0.481 e. The maximum atomic E-state index is 13.6. The minimum Gasteiger partial charge on any atom is -0.481 e. The maximum absolute atomic E-state index is 13.6. The highest BCUT2D eigenvalue weighted by Crippen LogP contribution is 2.22. The summed E-state index contributed by atoms with van der Waals surface area (Å²) in [6, 6.07) is 11.9. The molecule has 2 aromatic rings. The number of hydrogen-bond donors (Lipinski definition) is 8. The molecular formula is C41H63N7O8. The van der Waals surface area contributed by atoms with Gasteiger partial charge in [-0.2, -0.15) is 0 Å². The summed E-state index contributed by atoms with van der Waals surface area (Å²) < 4.78 is 4.81. The first-order valence-electron chi connectivity index (χ1n) is 19.7. The monoisotopic (exact) mass is 781 g/mol. The molecule has 2 rings (SSSR count). The number of nitrogens with two attached hydrogens (primary N) is 2. The molecule has 0 spiro atoms. The van der Waals surface area contributed by atoms with Crippen LogP contribution >= 0.6 is 0 Å². The Balaban J connectivity index is 2.04. The number of benzene rings is 2. The number of esters is 1. The van der Waals surface area contributed by atoms with Crippen molar-refractivity contribution < 1.29 is 38.6 Å². The Kier molecular flexibility index (Phi) is 22.7. The Morgan fingerprint density at radius 2 is 1.38 bits per heavy atom. The molecule has 4 atom stereocenters. The van der Waals surface area contributed by atoms with Crippen LogP contribution in [0.1, 0.15) is 96.5 Å². The average molecular weight is 782 g/mol. The van der Waals surface area contributed by atoms with Crippen LogP contribution in [0.5, 0.6) is 0 Å². The molecule has 0 fully saturated rings. The van der Waals surface area contributed by atoms with Gasteiger partial charge in [-0.3, -0.25) is 24.0 Å². The number of carboxylic acid groups (broad SMARTS) is 1. The Bertz CT molecular complexity index is 1520. The predicted octanol–water partition coefficient (Wildman–Crippen LogP) is 3.14. The highest BCUT2D eigenvalue weighted by atomic mass is 16.5. The fourth-order valence-corrected chi connectivity index (χ4v) is 5.99. The third-order valence-electron chi connectivity index (χ3n) is 9.22. The lowest BCUT2D eigenvalue weighted by molar-refractivity contribution is -0.145. The van der Waals surface area contributed by atoms with E-state index < -0.39 is 47.8 Å². The third-order valence-corrected chi connectivity index (χ3v) is 9.22. The van der Waals surface area contributed by atoms with Crippen LogP contribution in [0.15, 0.2) is 48.5 Å². The molecule has 15 heteroatoms. The van der Waals surface area contributed by atoms with E-state index in [2.05, 4.69) is 33.5 Å². The van der Waals surface area contributed by atoms with Crippen molar-refractivity contribution in [3.8, 4) is 11.1 Å². The molecule has 4 amide bonds. The number of aliphatic carboxylic acids is 1. The van der Waals surface area contributed by atoms with Crippen LogP contribution in [0.3, 0.4) is 0 Å². The summed E-state index contributed by atoms with van der Waals surface area (Å²) in [5, 5.41) is 22.9. The van der Waals surface area contributed by atoms with Gasteiger partial charge in [-0.25, -0.2) is 4.79 Å². The van der Waals surface area contributed by atoms with Crippen molar-refractivity contribution >= 4 is 41.3 Å². The molecule has 15 nitrogen and oxygen atoms in total. The first kappa shape index (κ1) is 47.3. The van der Waals surface area contributed by atoms with Gasteiger partial charge in [-0.15, -0.1) is 0 Å². The van der Waals surface area contributed by atoms with Gasteiger partial charge in [0.1, 0.15) is 12.1 Å². The predicted molar refractivity (Wildman–Crippen MR) is 216 cm³/mol. The topological polar surface area (TPSA) is 244 Å². The summed E-state index contributed by atoms with van der Waals surface area (Å²) in [6.45, 7) is 4.68. The van der Waals surface area contributed by atoms with Crippen molar-refractivity contribution in [1.82, 2.24) is 21.3 Å². The van der Waals surface area contributed by atoms with Crippen molar-refractivity contribution in [2.24, 2.45) is 11.5 Å². The summed E-state index contributed by atoms with van der Waals surface area (Å²) >= 11 is 0. The SMILES string of the molecule is CCCCCCCC[C@H](N)CNCC[C@H](N)C(=O)N[C@H](Cc1ccc(-c2ccc(NC(C)=O)cc2)cc1)C(=O)NCC[C@@H](NC(=O)CCCC(=O)O)C(=O)OC. The van der Waals surface area contributed by atoms with Crippen LogP contribution in [-0.4, -0.2) is 91.6 Å². The Hall–Kier alpha value is -4.86. The molecule has 0 heterocycles. The molecule has 2 aromatic carbocycles. The van der Waals surface area contributed by atoms with E-state index in [1.165, 1.54) is 46.1 Å². The van der Waals surface area contributed by atoms with Gasteiger partial charge in [-0.05, 0) is 61.1 Å². The summed E-state index contributed by atoms with van der Waals surface area (Å²) in [4.78, 5) is 73.7. The zero-order valence-corrected chi connectivity index (χ0v) is 33.2. The average Bonchev–Trinajstić information content (AvgIpc) is 3.16. The number of rotatable bonds is 28. The minimum absolute atomic E-state index is 0.00858. The van der Waals surface area contributed by atoms with Crippen molar-refractivity contribution in [1.29, 1.82) is 0 Å². The van der Waals surface area contributed by atoms with Crippen LogP contribution in [0.2, 0.25) is 0 Å². The molecular weight excluding hydrogens is 718 g/mol. The van der Waals surface area contributed by atoms with Gasteiger partial charge in [0, 0.05) is 51.0 Å². The van der Waals surface area contributed by atoms with Gasteiger partial charge in [0.05, 0.1) is 13.2 Å². The number of anilines is 1. The number of carbonyl (C=O) groups is 6. The smallest absolute Gasteiger partial charge is 0.328 e. The van der Waals surface area contributed by atoms with Crippen LogP contribution < -0.4 is 38.1 Å². The number of methoxy groups -OCH3 is 1. The quantitative estimate of drug-likeness (QED) is 0.0461. The first-order chi connectivity index (χ1) is 26.8. The fraction of sp³-hybridized carbons (Fsp3) is 0.561. The standard InChI is InChI=1S/C41H63N7O8/c1-4-5-6-7-8-9-11-32(42)27-44-24-22-34(43)39(53)48-36(26-29-14-16-30(17-15-29)31-18-20-33(21-19-31)46-28(2)49)40(54)45-25-23-35(41(55)56-3)47-37(50)12-10-13-38(51)52/h14-21,32,34-36,44H,4-13,22-27,42-43H2,1-3H3,(H,45,54)(H,46,49)(H,47,50)(H,48,53)(H,51,52)/t32-,34-,35+,36+/m0/s1. The van der Waals surface area contributed by atoms with Crippen LogP contribution in [-0.2, 0) is 39.9 Å². The second kappa shape index (κ2) is 26.9. The number of hydrogen-bond acceptors (Lipinski definition) is 10. The van der Waals surface area contributed by atoms with Gasteiger partial charge in [0.2, 0.25) is 23.6 Å². The van der Waals surface area contributed by atoms with E-state index in [0.717, 1.165) is 29.5 Å². The van der Waals surface area contributed by atoms with Gasteiger partial charge >= 0.3 is 11.9 Å². The minimum atomic E-state index is -1.08. The van der Waals surface area contributed by atoms with Crippen molar-refractivity contribution in [2.45, 2.75) is 121 Å². The second-order valence-corrected chi connectivity index (χ2v) is 14.1. The summed E-state index contributed by atoms with van der Waals surface area (Å²) in [7, 11) is 1.17.